The van der Waals surface area contributed by atoms with Crippen LogP contribution in [0.25, 0.3) is 0 Å². The largest absolute Gasteiger partial charge is 0.497 e. The van der Waals surface area contributed by atoms with Crippen molar-refractivity contribution in [3.63, 3.8) is 0 Å². The molecule has 1 saturated heterocycles. The first-order chi connectivity index (χ1) is 9.65. The van der Waals surface area contributed by atoms with Crippen molar-refractivity contribution in [2.75, 3.05) is 25.1 Å². The fourth-order valence-corrected chi connectivity index (χ4v) is 3.06. The van der Waals surface area contributed by atoms with Crippen LogP contribution in [0.3, 0.4) is 0 Å². The second kappa shape index (κ2) is 6.98. The summed E-state index contributed by atoms with van der Waals surface area (Å²) in [7, 11) is 1.73. The summed E-state index contributed by atoms with van der Waals surface area (Å²) in [6, 6.07) is 9.61. The molecule has 2 unspecified atom stereocenters. The van der Waals surface area contributed by atoms with Gasteiger partial charge in [0.25, 0.3) is 0 Å². The van der Waals surface area contributed by atoms with E-state index in [2.05, 4.69) is 49.2 Å². The Kier molecular flexibility index (Phi) is 5.30. The predicted molar refractivity (Wildman–Crippen MR) is 85.7 cm³/mol. The molecule has 1 fully saturated rings. The van der Waals surface area contributed by atoms with E-state index in [1.54, 1.807) is 7.11 Å². The maximum Gasteiger partial charge on any atom is 0.120 e. The lowest BCUT2D eigenvalue weighted by Crippen LogP contribution is -2.58. The van der Waals surface area contributed by atoms with E-state index in [1.807, 2.05) is 6.07 Å². The minimum absolute atomic E-state index is 0.551. The second-order valence-corrected chi connectivity index (χ2v) is 6.06. The van der Waals surface area contributed by atoms with Gasteiger partial charge in [-0.05, 0) is 24.5 Å². The lowest BCUT2D eigenvalue weighted by molar-refractivity contribution is 0.327. The molecule has 112 valence electrons. The summed E-state index contributed by atoms with van der Waals surface area (Å²) in [5.41, 5.74) is 1.28. The molecule has 2 atom stereocenters. The molecular weight excluding hydrogens is 248 g/mol. The Labute approximate surface area is 123 Å². The van der Waals surface area contributed by atoms with Crippen LogP contribution >= 0.6 is 0 Å². The SMILES string of the molecule is CCCC1CN(c2cccc(OC)c2)C(C(C)C)CN1. The van der Waals surface area contributed by atoms with E-state index >= 15 is 0 Å². The van der Waals surface area contributed by atoms with Crippen molar-refractivity contribution in [1.82, 2.24) is 5.32 Å². The maximum atomic E-state index is 5.37. The molecule has 1 aromatic carbocycles. The molecule has 0 spiro atoms. The Morgan fingerprint density at radius 2 is 2.20 bits per heavy atom. The van der Waals surface area contributed by atoms with Crippen molar-refractivity contribution in [2.24, 2.45) is 5.92 Å². The van der Waals surface area contributed by atoms with Crippen molar-refractivity contribution in [3.8, 4) is 5.75 Å². The molecule has 0 bridgehead atoms. The molecule has 2 rings (SSSR count). The summed E-state index contributed by atoms with van der Waals surface area (Å²) in [6.07, 6.45) is 2.47. The number of anilines is 1. The lowest BCUT2D eigenvalue weighted by atomic mass is 9.96. The van der Waals surface area contributed by atoms with Crippen molar-refractivity contribution in [1.29, 1.82) is 0 Å². The molecule has 0 saturated carbocycles. The molecule has 1 aliphatic rings. The van der Waals surface area contributed by atoms with Gasteiger partial charge in [-0.1, -0.05) is 33.3 Å². The van der Waals surface area contributed by atoms with Gasteiger partial charge in [-0.15, -0.1) is 0 Å². The van der Waals surface area contributed by atoms with Crippen LogP contribution in [0.5, 0.6) is 5.75 Å². The highest BCUT2D eigenvalue weighted by atomic mass is 16.5. The van der Waals surface area contributed by atoms with Crippen LogP contribution in [0.2, 0.25) is 0 Å². The van der Waals surface area contributed by atoms with Crippen LogP contribution in [0, 0.1) is 5.92 Å². The molecular formula is C17H28N2O. The number of hydrogen-bond donors (Lipinski definition) is 1. The number of nitrogens with one attached hydrogen (secondary N) is 1. The average molecular weight is 276 g/mol. The van der Waals surface area contributed by atoms with Crippen LogP contribution in [0.15, 0.2) is 24.3 Å². The summed E-state index contributed by atoms with van der Waals surface area (Å²) in [5, 5.41) is 3.71. The fourth-order valence-electron chi connectivity index (χ4n) is 3.06. The van der Waals surface area contributed by atoms with Gasteiger partial charge in [-0.25, -0.2) is 0 Å². The van der Waals surface area contributed by atoms with Crippen LogP contribution in [0.4, 0.5) is 5.69 Å². The Bertz CT molecular complexity index is 419. The highest BCUT2D eigenvalue weighted by Gasteiger charge is 2.29. The van der Waals surface area contributed by atoms with E-state index in [-0.39, 0.29) is 0 Å². The van der Waals surface area contributed by atoms with Gasteiger partial charge in [0.2, 0.25) is 0 Å². The fraction of sp³-hybridized carbons (Fsp3) is 0.647. The summed E-state index contributed by atoms with van der Waals surface area (Å²) in [4.78, 5) is 2.56. The van der Waals surface area contributed by atoms with E-state index in [1.165, 1.54) is 18.5 Å². The summed E-state index contributed by atoms with van der Waals surface area (Å²) >= 11 is 0. The zero-order valence-electron chi connectivity index (χ0n) is 13.2. The molecule has 1 N–H and O–H groups in total. The third-order valence-corrected chi connectivity index (χ3v) is 4.22. The van der Waals surface area contributed by atoms with Gasteiger partial charge in [-0.3, -0.25) is 0 Å². The monoisotopic (exact) mass is 276 g/mol. The molecule has 3 heteroatoms. The van der Waals surface area contributed by atoms with Crippen LogP contribution in [-0.4, -0.2) is 32.3 Å². The number of rotatable bonds is 5. The molecule has 1 aromatic rings. The molecule has 0 aromatic heterocycles. The summed E-state index contributed by atoms with van der Waals surface area (Å²) < 4.78 is 5.37. The van der Waals surface area contributed by atoms with Crippen molar-refractivity contribution in [2.45, 2.75) is 45.7 Å². The number of nitrogens with zero attached hydrogens (tertiary/aromatic N) is 1. The number of piperazine rings is 1. The van der Waals surface area contributed by atoms with E-state index in [0.717, 1.165) is 18.8 Å². The molecule has 0 radical (unpaired) electrons. The Hall–Kier alpha value is -1.22. The minimum atomic E-state index is 0.551. The van der Waals surface area contributed by atoms with Gasteiger partial charge < -0.3 is 15.0 Å². The van der Waals surface area contributed by atoms with Gasteiger partial charge in [0, 0.05) is 36.9 Å². The molecule has 0 aliphatic carbocycles. The van der Waals surface area contributed by atoms with E-state index in [0.29, 0.717) is 18.0 Å². The van der Waals surface area contributed by atoms with Crippen LogP contribution < -0.4 is 15.0 Å². The summed E-state index contributed by atoms with van der Waals surface area (Å²) in [6.45, 7) is 9.02. The Morgan fingerprint density at radius 1 is 1.40 bits per heavy atom. The van der Waals surface area contributed by atoms with E-state index in [9.17, 15) is 0 Å². The van der Waals surface area contributed by atoms with E-state index < -0.39 is 0 Å². The van der Waals surface area contributed by atoms with E-state index in [4.69, 9.17) is 4.74 Å². The second-order valence-electron chi connectivity index (χ2n) is 6.06. The Balaban J connectivity index is 2.21. The quantitative estimate of drug-likeness (QED) is 0.893. The van der Waals surface area contributed by atoms with Crippen LogP contribution in [-0.2, 0) is 0 Å². The third-order valence-electron chi connectivity index (χ3n) is 4.22. The first-order valence-corrected chi connectivity index (χ1v) is 7.79. The lowest BCUT2D eigenvalue weighted by Gasteiger charge is -2.44. The normalized spacial score (nSPS) is 23.1. The molecule has 1 heterocycles. The predicted octanol–water partition coefficient (Wildman–Crippen LogP) is 3.30. The average Bonchev–Trinajstić information content (AvgIpc) is 2.47. The summed E-state index contributed by atoms with van der Waals surface area (Å²) in [5.74, 6) is 1.58. The van der Waals surface area contributed by atoms with Gasteiger partial charge >= 0.3 is 0 Å². The minimum Gasteiger partial charge on any atom is -0.497 e. The van der Waals surface area contributed by atoms with Crippen molar-refractivity contribution >= 4 is 5.69 Å². The first kappa shape index (κ1) is 15.2. The Morgan fingerprint density at radius 3 is 2.85 bits per heavy atom. The third kappa shape index (κ3) is 3.45. The molecule has 1 aliphatic heterocycles. The number of benzene rings is 1. The van der Waals surface area contributed by atoms with Gasteiger partial charge in [0.05, 0.1) is 7.11 Å². The zero-order chi connectivity index (χ0) is 14.5. The van der Waals surface area contributed by atoms with Crippen molar-refractivity contribution < 1.29 is 4.74 Å². The molecule has 3 nitrogen and oxygen atoms in total. The van der Waals surface area contributed by atoms with Crippen LogP contribution in [0.1, 0.15) is 33.6 Å². The highest BCUT2D eigenvalue weighted by Crippen LogP contribution is 2.27. The number of ether oxygens (including phenoxy) is 1. The van der Waals surface area contributed by atoms with Gasteiger partial charge in [0.15, 0.2) is 0 Å². The standard InChI is InChI=1S/C17H28N2O/c1-5-7-14-12-19(17(11-18-14)13(2)3)15-8-6-9-16(10-15)20-4/h6,8-10,13-14,17-18H,5,7,11-12H2,1-4H3. The van der Waals surface area contributed by atoms with Crippen molar-refractivity contribution in [3.05, 3.63) is 24.3 Å². The topological polar surface area (TPSA) is 24.5 Å². The molecule has 20 heavy (non-hydrogen) atoms. The highest BCUT2D eigenvalue weighted by molar-refractivity contribution is 5.52. The maximum absolute atomic E-state index is 5.37. The van der Waals surface area contributed by atoms with Gasteiger partial charge in [0.1, 0.15) is 5.75 Å². The molecule has 0 amide bonds. The smallest absolute Gasteiger partial charge is 0.120 e. The first-order valence-electron chi connectivity index (χ1n) is 7.79. The van der Waals surface area contributed by atoms with Gasteiger partial charge in [-0.2, -0.15) is 0 Å². The zero-order valence-corrected chi connectivity index (χ0v) is 13.2. The number of hydrogen-bond acceptors (Lipinski definition) is 3. The number of methoxy groups -OCH3 is 1.